The van der Waals surface area contributed by atoms with Gasteiger partial charge in [0.05, 0.1) is 6.54 Å². The van der Waals surface area contributed by atoms with Crippen molar-refractivity contribution >= 4 is 11.6 Å². The molecule has 1 aromatic carbocycles. The van der Waals surface area contributed by atoms with E-state index in [0.717, 1.165) is 6.42 Å². The van der Waals surface area contributed by atoms with Crippen LogP contribution < -0.4 is 0 Å². The molecule has 1 rings (SSSR count). The summed E-state index contributed by atoms with van der Waals surface area (Å²) in [6.07, 6.45) is 0.849. The minimum atomic E-state index is -2.82. The van der Waals surface area contributed by atoms with E-state index in [1.807, 2.05) is 6.92 Å². The highest BCUT2D eigenvalue weighted by molar-refractivity contribution is 6.18. The molecular weight excluding hydrogens is 244 g/mol. The Morgan fingerprint density at radius 2 is 1.82 bits per heavy atom. The van der Waals surface area contributed by atoms with Gasteiger partial charge in [0.1, 0.15) is 0 Å². The number of hydrogen-bond donors (Lipinski definition) is 0. The van der Waals surface area contributed by atoms with Gasteiger partial charge in [0, 0.05) is 18.0 Å². The van der Waals surface area contributed by atoms with Crippen LogP contribution in [0.5, 0.6) is 0 Å². The Morgan fingerprint density at radius 3 is 2.35 bits per heavy atom. The van der Waals surface area contributed by atoms with Crippen LogP contribution >= 0.6 is 11.6 Å². The van der Waals surface area contributed by atoms with Gasteiger partial charge in [0.15, 0.2) is 0 Å². The van der Waals surface area contributed by atoms with Gasteiger partial charge in [-0.3, -0.25) is 4.90 Å². The summed E-state index contributed by atoms with van der Waals surface area (Å²) in [4.78, 5) is 1.71. The summed E-state index contributed by atoms with van der Waals surface area (Å²) in [6.45, 7) is 2.85. The third-order valence-corrected chi connectivity index (χ3v) is 2.73. The number of alkyl halides is 3. The highest BCUT2D eigenvalue weighted by Crippen LogP contribution is 2.28. The molecule has 0 N–H and O–H groups in total. The van der Waals surface area contributed by atoms with Gasteiger partial charge in [-0.2, -0.15) is 8.78 Å². The maximum Gasteiger partial charge on any atom is 0.285 e. The van der Waals surface area contributed by atoms with E-state index in [2.05, 4.69) is 0 Å². The second kappa shape index (κ2) is 6.92. The number of nitrogens with zero attached hydrogens (tertiary/aromatic N) is 1. The van der Waals surface area contributed by atoms with Gasteiger partial charge in [-0.1, -0.05) is 37.3 Å². The summed E-state index contributed by atoms with van der Waals surface area (Å²) in [5.74, 6) is -2.44. The molecule has 0 unspecified atom stereocenters. The summed E-state index contributed by atoms with van der Waals surface area (Å²) in [7, 11) is 0. The maximum atomic E-state index is 14.0. The van der Waals surface area contributed by atoms with E-state index >= 15 is 0 Å². The molecule has 1 nitrogen and oxygen atoms in total. The topological polar surface area (TPSA) is 3.24 Å². The first kappa shape index (κ1) is 14.4. The molecule has 0 saturated carbocycles. The van der Waals surface area contributed by atoms with Gasteiger partial charge in [-0.25, -0.2) is 0 Å². The first-order chi connectivity index (χ1) is 8.10. The number of hydrogen-bond acceptors (Lipinski definition) is 1. The summed E-state index contributed by atoms with van der Waals surface area (Å²) in [5.41, 5.74) is 0.0654. The zero-order valence-corrected chi connectivity index (χ0v) is 10.8. The van der Waals surface area contributed by atoms with E-state index < -0.39 is 5.92 Å². The first-order valence-corrected chi connectivity index (χ1v) is 6.35. The molecule has 0 aromatic heterocycles. The number of halogens is 3. The largest absolute Gasteiger partial charge is 0.296 e. The summed E-state index contributed by atoms with van der Waals surface area (Å²) in [6, 6.07) is 7.93. The lowest BCUT2D eigenvalue weighted by Gasteiger charge is -2.26. The van der Waals surface area contributed by atoms with Crippen molar-refractivity contribution in [3.63, 3.8) is 0 Å². The van der Waals surface area contributed by atoms with Crippen molar-refractivity contribution in [2.45, 2.75) is 19.3 Å². The van der Waals surface area contributed by atoms with Crippen LogP contribution in [0.4, 0.5) is 8.78 Å². The van der Waals surface area contributed by atoms with Crippen LogP contribution in [-0.4, -0.2) is 30.4 Å². The molecule has 0 atom stereocenters. The molecule has 0 aliphatic carbocycles. The third kappa shape index (κ3) is 4.60. The zero-order chi connectivity index (χ0) is 12.7. The van der Waals surface area contributed by atoms with Crippen LogP contribution in [0.15, 0.2) is 30.3 Å². The predicted octanol–water partition coefficient (Wildman–Crippen LogP) is 3.73. The van der Waals surface area contributed by atoms with Gasteiger partial charge in [-0.15, -0.1) is 11.6 Å². The molecule has 4 heteroatoms. The molecule has 0 bridgehead atoms. The van der Waals surface area contributed by atoms with Crippen molar-refractivity contribution in [2.24, 2.45) is 0 Å². The average molecular weight is 262 g/mol. The fraction of sp³-hybridized carbons (Fsp3) is 0.538. The lowest BCUT2D eigenvalue weighted by molar-refractivity contribution is -0.0366. The van der Waals surface area contributed by atoms with Crippen molar-refractivity contribution in [2.75, 3.05) is 25.5 Å². The van der Waals surface area contributed by atoms with Crippen molar-refractivity contribution in [1.82, 2.24) is 4.90 Å². The van der Waals surface area contributed by atoms with Crippen LogP contribution in [0.2, 0.25) is 0 Å². The minimum absolute atomic E-state index is 0.0654. The van der Waals surface area contributed by atoms with Gasteiger partial charge in [0.2, 0.25) is 0 Å². The monoisotopic (exact) mass is 261 g/mol. The molecule has 0 saturated heterocycles. The fourth-order valence-electron chi connectivity index (χ4n) is 1.76. The van der Waals surface area contributed by atoms with Gasteiger partial charge in [-0.05, 0) is 13.0 Å². The van der Waals surface area contributed by atoms with Crippen molar-refractivity contribution in [3.8, 4) is 0 Å². The second-order valence-electron chi connectivity index (χ2n) is 4.04. The van der Waals surface area contributed by atoms with Crippen molar-refractivity contribution < 1.29 is 8.78 Å². The Hall–Kier alpha value is -0.670. The zero-order valence-electron chi connectivity index (χ0n) is 10.0. The summed E-state index contributed by atoms with van der Waals surface area (Å²) in [5, 5.41) is 0. The van der Waals surface area contributed by atoms with E-state index in [0.29, 0.717) is 19.0 Å². The van der Waals surface area contributed by atoms with E-state index in [4.69, 9.17) is 11.6 Å². The van der Waals surface area contributed by atoms with Gasteiger partial charge < -0.3 is 0 Å². The van der Waals surface area contributed by atoms with E-state index in [1.165, 1.54) is 12.1 Å². The Balaban J connectivity index is 2.69. The lowest BCUT2D eigenvalue weighted by atomic mass is 10.1. The van der Waals surface area contributed by atoms with Crippen molar-refractivity contribution in [1.29, 1.82) is 0 Å². The Labute approximate surface area is 106 Å². The van der Waals surface area contributed by atoms with Crippen LogP contribution in [0, 0.1) is 0 Å². The van der Waals surface area contributed by atoms with Crippen molar-refractivity contribution in [3.05, 3.63) is 35.9 Å². The number of rotatable bonds is 7. The molecule has 0 fully saturated rings. The molecule has 0 aliphatic rings. The highest BCUT2D eigenvalue weighted by atomic mass is 35.5. The number of benzene rings is 1. The first-order valence-electron chi connectivity index (χ1n) is 5.82. The summed E-state index contributed by atoms with van der Waals surface area (Å²) >= 11 is 5.62. The van der Waals surface area contributed by atoms with Gasteiger partial charge >= 0.3 is 0 Å². The SMILES string of the molecule is CCCN(CCCl)CC(F)(F)c1ccccc1. The Kier molecular flexibility index (Phi) is 5.86. The average Bonchev–Trinajstić information content (AvgIpc) is 2.30. The standard InChI is InChI=1S/C13H18ClF2N/c1-2-9-17(10-8-14)11-13(15,16)12-6-4-3-5-7-12/h3-7H,2,8-11H2,1H3. The van der Waals surface area contributed by atoms with Crippen LogP contribution in [0.1, 0.15) is 18.9 Å². The highest BCUT2D eigenvalue weighted by Gasteiger charge is 2.33. The molecule has 96 valence electrons. The quantitative estimate of drug-likeness (QED) is 0.676. The van der Waals surface area contributed by atoms with E-state index in [1.54, 1.807) is 23.1 Å². The van der Waals surface area contributed by atoms with E-state index in [9.17, 15) is 8.78 Å². The molecule has 0 aliphatic heterocycles. The van der Waals surface area contributed by atoms with Gasteiger partial charge in [0.25, 0.3) is 5.92 Å². The normalized spacial score (nSPS) is 12.1. The smallest absolute Gasteiger partial charge is 0.285 e. The maximum absolute atomic E-state index is 14.0. The second-order valence-corrected chi connectivity index (χ2v) is 4.41. The molecule has 1 aromatic rings. The molecule has 0 radical (unpaired) electrons. The third-order valence-electron chi connectivity index (χ3n) is 2.56. The minimum Gasteiger partial charge on any atom is -0.296 e. The Bertz CT molecular complexity index is 310. The lowest BCUT2D eigenvalue weighted by Crippen LogP contribution is -2.37. The molecule has 0 heterocycles. The van der Waals surface area contributed by atoms with Crippen LogP contribution in [0.25, 0.3) is 0 Å². The molecule has 0 amide bonds. The van der Waals surface area contributed by atoms with Crippen LogP contribution in [0.3, 0.4) is 0 Å². The fourth-order valence-corrected chi connectivity index (χ4v) is 2.00. The van der Waals surface area contributed by atoms with E-state index in [-0.39, 0.29) is 12.1 Å². The Morgan fingerprint density at radius 1 is 1.18 bits per heavy atom. The molecule has 0 spiro atoms. The summed E-state index contributed by atoms with van der Waals surface area (Å²) < 4.78 is 27.9. The molecule has 17 heavy (non-hydrogen) atoms. The molecular formula is C13H18ClF2N. The predicted molar refractivity (Wildman–Crippen MR) is 67.8 cm³/mol. The van der Waals surface area contributed by atoms with Crippen LogP contribution in [-0.2, 0) is 5.92 Å².